The lowest BCUT2D eigenvalue weighted by molar-refractivity contribution is 0.687. The first-order chi connectivity index (χ1) is 9.67. The predicted molar refractivity (Wildman–Crippen MR) is 87.3 cm³/mol. The van der Waals surface area contributed by atoms with Gasteiger partial charge in [-0.25, -0.2) is 0 Å². The minimum absolute atomic E-state index is 0.643. The van der Waals surface area contributed by atoms with E-state index in [2.05, 4.69) is 28.7 Å². The highest BCUT2D eigenvalue weighted by Crippen LogP contribution is 2.13. The first-order valence-electron chi connectivity index (χ1n) is 6.49. The molecular weight excluding hydrogens is 292 g/mol. The van der Waals surface area contributed by atoms with Crippen molar-refractivity contribution >= 4 is 34.6 Å². The van der Waals surface area contributed by atoms with Crippen molar-refractivity contribution in [1.82, 2.24) is 15.1 Å². The largest absolute Gasteiger partial charge is 0.362 e. The van der Waals surface area contributed by atoms with Crippen molar-refractivity contribution in [2.75, 3.05) is 11.9 Å². The highest BCUT2D eigenvalue weighted by atomic mass is 35.5. The van der Waals surface area contributed by atoms with Crippen molar-refractivity contribution in [3.8, 4) is 0 Å². The van der Waals surface area contributed by atoms with E-state index in [1.807, 2.05) is 18.2 Å². The fourth-order valence-corrected chi connectivity index (χ4v) is 2.15. The van der Waals surface area contributed by atoms with Crippen molar-refractivity contribution in [2.24, 2.45) is 0 Å². The Morgan fingerprint density at radius 3 is 3.00 bits per heavy atom. The quantitative estimate of drug-likeness (QED) is 0.832. The van der Waals surface area contributed by atoms with Crippen LogP contribution in [0.5, 0.6) is 0 Å². The van der Waals surface area contributed by atoms with Gasteiger partial charge in [0.2, 0.25) is 0 Å². The molecule has 0 unspecified atom stereocenters. The average Bonchev–Trinajstić information content (AvgIpc) is 2.82. The number of thiocarbonyl (C=S) groups is 1. The first kappa shape index (κ1) is 14.8. The summed E-state index contributed by atoms with van der Waals surface area (Å²) in [4.78, 5) is 0. The van der Waals surface area contributed by atoms with E-state index in [4.69, 9.17) is 23.8 Å². The van der Waals surface area contributed by atoms with Gasteiger partial charge < -0.3 is 10.6 Å². The molecule has 0 saturated heterocycles. The summed E-state index contributed by atoms with van der Waals surface area (Å²) < 4.78 is 1.80. The monoisotopic (exact) mass is 308 g/mol. The molecule has 0 aliphatic rings. The Labute approximate surface area is 129 Å². The SMILES string of the molecule is CCCNC(=S)Nc1cccc(Cn2cc(Cl)cn2)c1. The molecule has 1 aromatic carbocycles. The molecule has 0 bridgehead atoms. The molecule has 2 rings (SSSR count). The summed E-state index contributed by atoms with van der Waals surface area (Å²) >= 11 is 11.1. The second-order valence-corrected chi connectivity index (χ2v) is 5.28. The molecule has 4 nitrogen and oxygen atoms in total. The lowest BCUT2D eigenvalue weighted by Gasteiger charge is -2.11. The van der Waals surface area contributed by atoms with E-state index < -0.39 is 0 Å². The number of hydrogen-bond donors (Lipinski definition) is 2. The van der Waals surface area contributed by atoms with Crippen molar-refractivity contribution in [3.05, 3.63) is 47.2 Å². The third kappa shape index (κ3) is 4.51. The van der Waals surface area contributed by atoms with Gasteiger partial charge in [-0.2, -0.15) is 5.10 Å². The zero-order valence-corrected chi connectivity index (χ0v) is 12.8. The molecule has 0 amide bonds. The topological polar surface area (TPSA) is 41.9 Å². The Morgan fingerprint density at radius 2 is 2.30 bits per heavy atom. The van der Waals surface area contributed by atoms with Gasteiger partial charge in [0, 0.05) is 18.4 Å². The second-order valence-electron chi connectivity index (χ2n) is 4.44. The van der Waals surface area contributed by atoms with Crippen LogP contribution in [0.15, 0.2) is 36.7 Å². The van der Waals surface area contributed by atoms with Gasteiger partial charge in [0.15, 0.2) is 5.11 Å². The summed E-state index contributed by atoms with van der Waals surface area (Å²) in [5.74, 6) is 0. The number of halogens is 1. The maximum Gasteiger partial charge on any atom is 0.170 e. The minimum Gasteiger partial charge on any atom is -0.362 e. The molecule has 0 aliphatic heterocycles. The molecule has 2 N–H and O–H groups in total. The number of anilines is 1. The lowest BCUT2D eigenvalue weighted by atomic mass is 10.2. The molecule has 1 aromatic heterocycles. The summed E-state index contributed by atoms with van der Waals surface area (Å²) in [6, 6.07) is 8.07. The van der Waals surface area contributed by atoms with E-state index in [0.29, 0.717) is 16.7 Å². The molecule has 0 aliphatic carbocycles. The zero-order valence-electron chi connectivity index (χ0n) is 11.3. The lowest BCUT2D eigenvalue weighted by Crippen LogP contribution is -2.28. The van der Waals surface area contributed by atoms with Crippen LogP contribution in [0.4, 0.5) is 5.69 Å². The summed E-state index contributed by atoms with van der Waals surface area (Å²) in [5.41, 5.74) is 2.10. The average molecular weight is 309 g/mol. The van der Waals surface area contributed by atoms with Gasteiger partial charge in [-0.1, -0.05) is 30.7 Å². The molecule has 2 aromatic rings. The highest BCUT2D eigenvalue weighted by molar-refractivity contribution is 7.80. The second kappa shape index (κ2) is 7.26. The standard InChI is InChI=1S/C14H17ClN4S/c1-2-6-16-14(20)18-13-5-3-4-11(7-13)9-19-10-12(15)8-17-19/h3-5,7-8,10H,2,6,9H2,1H3,(H2,16,18,20). The van der Waals surface area contributed by atoms with Crippen LogP contribution in [0, 0.1) is 0 Å². The van der Waals surface area contributed by atoms with Gasteiger partial charge >= 0.3 is 0 Å². The number of nitrogens with zero attached hydrogens (tertiary/aromatic N) is 2. The fourth-order valence-electron chi connectivity index (χ4n) is 1.77. The number of nitrogens with one attached hydrogen (secondary N) is 2. The van der Waals surface area contributed by atoms with Gasteiger partial charge in [-0.15, -0.1) is 0 Å². The Balaban J connectivity index is 1.98. The molecule has 6 heteroatoms. The summed E-state index contributed by atoms with van der Waals surface area (Å²) in [6.45, 7) is 3.65. The minimum atomic E-state index is 0.643. The third-order valence-electron chi connectivity index (χ3n) is 2.67. The van der Waals surface area contributed by atoms with E-state index in [9.17, 15) is 0 Å². The van der Waals surface area contributed by atoms with Crippen molar-refractivity contribution in [3.63, 3.8) is 0 Å². The molecule has 0 fully saturated rings. The summed E-state index contributed by atoms with van der Waals surface area (Å²) in [7, 11) is 0. The Hall–Kier alpha value is -1.59. The number of benzene rings is 1. The molecular formula is C14H17ClN4S. The molecule has 0 saturated carbocycles. The Bertz CT molecular complexity index is 582. The van der Waals surface area contributed by atoms with Crippen LogP contribution in [0.3, 0.4) is 0 Å². The van der Waals surface area contributed by atoms with Crippen LogP contribution in [0.25, 0.3) is 0 Å². The van der Waals surface area contributed by atoms with Crippen LogP contribution in [0.2, 0.25) is 5.02 Å². The van der Waals surface area contributed by atoms with Crippen LogP contribution in [0.1, 0.15) is 18.9 Å². The molecule has 0 spiro atoms. The zero-order chi connectivity index (χ0) is 14.4. The van der Waals surface area contributed by atoms with Gasteiger partial charge in [-0.3, -0.25) is 4.68 Å². The van der Waals surface area contributed by atoms with Crippen molar-refractivity contribution < 1.29 is 0 Å². The third-order valence-corrected chi connectivity index (χ3v) is 3.11. The maximum absolute atomic E-state index is 5.85. The summed E-state index contributed by atoms with van der Waals surface area (Å²) in [5, 5.41) is 11.8. The normalized spacial score (nSPS) is 10.3. The number of hydrogen-bond acceptors (Lipinski definition) is 2. The van der Waals surface area contributed by atoms with E-state index >= 15 is 0 Å². The Kier molecular flexibility index (Phi) is 5.38. The van der Waals surface area contributed by atoms with E-state index in [1.165, 1.54) is 0 Å². The van der Waals surface area contributed by atoms with Crippen LogP contribution in [-0.4, -0.2) is 21.4 Å². The number of aromatic nitrogens is 2. The highest BCUT2D eigenvalue weighted by Gasteiger charge is 2.01. The Morgan fingerprint density at radius 1 is 1.45 bits per heavy atom. The maximum atomic E-state index is 5.85. The van der Waals surface area contributed by atoms with Gasteiger partial charge in [0.05, 0.1) is 17.8 Å². The number of rotatable bonds is 5. The molecule has 0 radical (unpaired) electrons. The van der Waals surface area contributed by atoms with Gasteiger partial charge in [0.1, 0.15) is 0 Å². The van der Waals surface area contributed by atoms with E-state index in [0.717, 1.165) is 24.2 Å². The van der Waals surface area contributed by atoms with Crippen LogP contribution < -0.4 is 10.6 Å². The van der Waals surface area contributed by atoms with Gasteiger partial charge in [-0.05, 0) is 36.3 Å². The molecule has 1 heterocycles. The molecule has 106 valence electrons. The smallest absolute Gasteiger partial charge is 0.170 e. The van der Waals surface area contributed by atoms with Crippen molar-refractivity contribution in [2.45, 2.75) is 19.9 Å². The predicted octanol–water partition coefficient (Wildman–Crippen LogP) is 3.28. The molecule has 20 heavy (non-hydrogen) atoms. The van der Waals surface area contributed by atoms with Crippen LogP contribution in [-0.2, 0) is 6.54 Å². The first-order valence-corrected chi connectivity index (χ1v) is 7.27. The fraction of sp³-hybridized carbons (Fsp3) is 0.286. The van der Waals surface area contributed by atoms with Crippen LogP contribution >= 0.6 is 23.8 Å². The van der Waals surface area contributed by atoms with E-state index in [1.54, 1.807) is 17.1 Å². The van der Waals surface area contributed by atoms with Crippen molar-refractivity contribution in [1.29, 1.82) is 0 Å². The van der Waals surface area contributed by atoms with E-state index in [-0.39, 0.29) is 0 Å². The molecule has 0 atom stereocenters. The summed E-state index contributed by atoms with van der Waals surface area (Å²) in [6.07, 6.45) is 4.48. The van der Waals surface area contributed by atoms with Gasteiger partial charge in [0.25, 0.3) is 0 Å².